The van der Waals surface area contributed by atoms with Crippen molar-refractivity contribution in [2.24, 2.45) is 0 Å². The fraction of sp³-hybridized carbons (Fsp3) is 0.143. The van der Waals surface area contributed by atoms with Crippen LogP contribution in [0.1, 0.15) is 38.9 Å². The van der Waals surface area contributed by atoms with Crippen LogP contribution in [0.3, 0.4) is 0 Å². The predicted octanol–water partition coefficient (Wildman–Crippen LogP) is 5.28. The molecule has 0 radical (unpaired) electrons. The van der Waals surface area contributed by atoms with Crippen molar-refractivity contribution < 1.29 is 4.79 Å². The van der Waals surface area contributed by atoms with Gasteiger partial charge in [0.15, 0.2) is 0 Å². The largest absolute Gasteiger partial charge is 0.345 e. The molecule has 0 aliphatic carbocycles. The maximum Gasteiger partial charge on any atom is 0.253 e. The van der Waals surface area contributed by atoms with Crippen LogP contribution in [-0.4, -0.2) is 34.9 Å². The molecule has 33 heavy (non-hydrogen) atoms. The number of nitrogens with zero attached hydrogens (tertiary/aromatic N) is 4. The Labute approximate surface area is 194 Å². The maximum atomic E-state index is 12.5. The molecule has 0 saturated heterocycles. The molecule has 0 saturated carbocycles. The third-order valence-electron chi connectivity index (χ3n) is 5.68. The van der Waals surface area contributed by atoms with Crippen LogP contribution in [0.25, 0.3) is 11.1 Å². The van der Waals surface area contributed by atoms with E-state index in [9.17, 15) is 10.1 Å². The van der Waals surface area contributed by atoms with Crippen molar-refractivity contribution in [2.75, 3.05) is 14.1 Å². The van der Waals surface area contributed by atoms with Gasteiger partial charge in [-0.05, 0) is 52.1 Å². The fourth-order valence-corrected chi connectivity index (χ4v) is 4.13. The molecule has 2 heterocycles. The van der Waals surface area contributed by atoms with Crippen LogP contribution in [-0.2, 0) is 0 Å². The second-order valence-corrected chi connectivity index (χ2v) is 8.02. The van der Waals surface area contributed by atoms with Crippen LogP contribution >= 0.6 is 0 Å². The molecule has 4 aromatic rings. The van der Waals surface area contributed by atoms with E-state index < -0.39 is 5.92 Å². The Morgan fingerprint density at radius 2 is 1.55 bits per heavy atom. The van der Waals surface area contributed by atoms with Crippen LogP contribution in [0.5, 0.6) is 0 Å². The second-order valence-electron chi connectivity index (χ2n) is 8.02. The van der Waals surface area contributed by atoms with Crippen molar-refractivity contribution >= 4 is 5.91 Å². The highest BCUT2D eigenvalue weighted by molar-refractivity contribution is 5.95. The standard InChI is InChI=1S/C28H24N4O/c1-32(2)28(33)21-9-5-8-20(16-21)24-12-3-4-13-25(24)26(17-29)27(22-10-6-14-30-18-22)23-11-7-15-31-19-23/h3-16,18-19,26-27H,1-2H3. The molecule has 2 aromatic heterocycles. The lowest BCUT2D eigenvalue weighted by Gasteiger charge is -2.25. The molecular formula is C28H24N4O. The SMILES string of the molecule is CN(C)C(=O)c1cccc(-c2ccccc2C(C#N)C(c2cccnc2)c2cccnc2)c1. The third kappa shape index (κ3) is 4.65. The van der Waals surface area contributed by atoms with Crippen molar-refractivity contribution in [1.29, 1.82) is 5.26 Å². The van der Waals surface area contributed by atoms with Crippen molar-refractivity contribution in [3.05, 3.63) is 120 Å². The van der Waals surface area contributed by atoms with E-state index in [1.54, 1.807) is 43.8 Å². The average Bonchev–Trinajstić information content (AvgIpc) is 2.88. The summed E-state index contributed by atoms with van der Waals surface area (Å²) in [5, 5.41) is 10.4. The van der Waals surface area contributed by atoms with Gasteiger partial charge in [-0.1, -0.05) is 48.5 Å². The maximum absolute atomic E-state index is 12.5. The van der Waals surface area contributed by atoms with E-state index >= 15 is 0 Å². The molecule has 1 unspecified atom stereocenters. The number of benzene rings is 2. The zero-order valence-electron chi connectivity index (χ0n) is 18.6. The smallest absolute Gasteiger partial charge is 0.253 e. The van der Waals surface area contributed by atoms with Crippen molar-refractivity contribution in [1.82, 2.24) is 14.9 Å². The summed E-state index contributed by atoms with van der Waals surface area (Å²) in [4.78, 5) is 22.7. The number of hydrogen-bond acceptors (Lipinski definition) is 4. The van der Waals surface area contributed by atoms with Gasteiger partial charge in [-0.3, -0.25) is 14.8 Å². The highest BCUT2D eigenvalue weighted by atomic mass is 16.2. The summed E-state index contributed by atoms with van der Waals surface area (Å²) in [5.74, 6) is -0.789. The number of carbonyl (C=O) groups is 1. The topological polar surface area (TPSA) is 69.9 Å². The first-order valence-corrected chi connectivity index (χ1v) is 10.7. The minimum atomic E-state index is -0.484. The van der Waals surface area contributed by atoms with Gasteiger partial charge in [0.1, 0.15) is 0 Å². The van der Waals surface area contributed by atoms with Crippen molar-refractivity contribution in [3.63, 3.8) is 0 Å². The lowest BCUT2D eigenvalue weighted by molar-refractivity contribution is 0.0827. The molecule has 1 atom stereocenters. The van der Waals surface area contributed by atoms with Gasteiger partial charge in [-0.2, -0.15) is 5.26 Å². The van der Waals surface area contributed by atoms with Gasteiger partial charge in [0.25, 0.3) is 5.91 Å². The molecule has 2 aromatic carbocycles. The Morgan fingerprint density at radius 1 is 0.879 bits per heavy atom. The molecule has 0 fully saturated rings. The Hall–Kier alpha value is -4.30. The van der Waals surface area contributed by atoms with Crippen molar-refractivity contribution in [3.8, 4) is 17.2 Å². The summed E-state index contributed by atoms with van der Waals surface area (Å²) < 4.78 is 0. The van der Waals surface area contributed by atoms with Gasteiger partial charge >= 0.3 is 0 Å². The lowest BCUT2D eigenvalue weighted by Crippen LogP contribution is -2.21. The molecule has 162 valence electrons. The average molecular weight is 433 g/mol. The van der Waals surface area contributed by atoms with Gasteiger partial charge in [0.05, 0.1) is 12.0 Å². The lowest BCUT2D eigenvalue weighted by atomic mass is 9.76. The zero-order valence-corrected chi connectivity index (χ0v) is 18.6. The van der Waals surface area contributed by atoms with Crippen LogP contribution in [0, 0.1) is 11.3 Å². The van der Waals surface area contributed by atoms with Gasteiger partial charge in [-0.15, -0.1) is 0 Å². The molecule has 4 rings (SSSR count). The predicted molar refractivity (Wildman–Crippen MR) is 129 cm³/mol. The molecule has 0 spiro atoms. The molecule has 0 N–H and O–H groups in total. The van der Waals surface area contributed by atoms with Crippen LogP contribution in [0.4, 0.5) is 0 Å². The van der Waals surface area contributed by atoms with Crippen molar-refractivity contribution in [2.45, 2.75) is 11.8 Å². The highest BCUT2D eigenvalue weighted by Gasteiger charge is 2.29. The Kier molecular flexibility index (Phi) is 6.56. The minimum Gasteiger partial charge on any atom is -0.345 e. The minimum absolute atomic E-state index is 0.0604. The van der Waals surface area contributed by atoms with Crippen LogP contribution < -0.4 is 0 Å². The van der Waals surface area contributed by atoms with E-state index in [4.69, 9.17) is 0 Å². The highest BCUT2D eigenvalue weighted by Crippen LogP contribution is 2.41. The van der Waals surface area contributed by atoms with E-state index in [2.05, 4.69) is 16.0 Å². The van der Waals surface area contributed by atoms with Gasteiger partial charge in [0.2, 0.25) is 0 Å². The van der Waals surface area contributed by atoms with Gasteiger partial charge in [-0.25, -0.2) is 0 Å². The van der Waals surface area contributed by atoms with Gasteiger partial charge in [0, 0.05) is 50.4 Å². The normalized spacial score (nSPS) is 11.6. The summed E-state index contributed by atoms with van der Waals surface area (Å²) in [7, 11) is 3.47. The quantitative estimate of drug-likeness (QED) is 0.415. The fourth-order valence-electron chi connectivity index (χ4n) is 4.13. The zero-order chi connectivity index (χ0) is 23.2. The van der Waals surface area contributed by atoms with E-state index in [0.29, 0.717) is 5.56 Å². The van der Waals surface area contributed by atoms with E-state index in [1.165, 1.54) is 0 Å². The number of nitriles is 1. The summed E-state index contributed by atoms with van der Waals surface area (Å²) >= 11 is 0. The number of hydrogen-bond donors (Lipinski definition) is 0. The van der Waals surface area contributed by atoms with E-state index in [-0.39, 0.29) is 11.8 Å². The molecule has 0 bridgehead atoms. The molecular weight excluding hydrogens is 408 g/mol. The summed E-state index contributed by atoms with van der Waals surface area (Å²) in [6, 6.07) is 25.8. The summed E-state index contributed by atoms with van der Waals surface area (Å²) in [6.45, 7) is 0. The van der Waals surface area contributed by atoms with E-state index in [0.717, 1.165) is 27.8 Å². The Bertz CT molecular complexity index is 1240. The monoisotopic (exact) mass is 432 g/mol. The first-order chi connectivity index (χ1) is 16.1. The summed E-state index contributed by atoms with van der Waals surface area (Å²) in [6.07, 6.45) is 7.07. The molecule has 5 nitrogen and oxygen atoms in total. The van der Waals surface area contributed by atoms with Gasteiger partial charge < -0.3 is 4.90 Å². The number of pyridine rings is 2. The first kappa shape index (κ1) is 21.9. The molecule has 0 aliphatic rings. The van der Waals surface area contributed by atoms with Crippen LogP contribution in [0.2, 0.25) is 0 Å². The second kappa shape index (κ2) is 9.88. The number of aromatic nitrogens is 2. The first-order valence-electron chi connectivity index (χ1n) is 10.7. The summed E-state index contributed by atoms with van der Waals surface area (Å²) in [5.41, 5.74) is 5.22. The third-order valence-corrected chi connectivity index (χ3v) is 5.68. The Morgan fingerprint density at radius 3 is 2.12 bits per heavy atom. The molecule has 5 heteroatoms. The Balaban J connectivity index is 1.86. The van der Waals surface area contributed by atoms with Crippen LogP contribution in [0.15, 0.2) is 97.6 Å². The molecule has 0 aliphatic heterocycles. The van der Waals surface area contributed by atoms with E-state index in [1.807, 2.05) is 72.8 Å². The number of amides is 1. The molecule has 1 amide bonds. The number of rotatable bonds is 6. The number of carbonyl (C=O) groups excluding carboxylic acids is 1.